The number of alkyl halides is 3. The second kappa shape index (κ2) is 8.17. The molecular weight excluding hydrogens is 418 g/mol. The van der Waals surface area contributed by atoms with Crippen LogP contribution in [-0.4, -0.2) is 31.8 Å². The Kier molecular flexibility index (Phi) is 5.84. The third-order valence-corrected chi connectivity index (χ3v) is 5.07. The molecule has 0 radical (unpaired) electrons. The van der Waals surface area contributed by atoms with Crippen molar-refractivity contribution in [3.05, 3.63) is 60.1 Å². The second-order valence-corrected chi connectivity index (χ2v) is 7.39. The van der Waals surface area contributed by atoms with Gasteiger partial charge in [0.2, 0.25) is 15.9 Å². The van der Waals surface area contributed by atoms with Crippen LogP contribution in [0.5, 0.6) is 5.88 Å². The van der Waals surface area contributed by atoms with Gasteiger partial charge in [0.15, 0.2) is 5.76 Å². The van der Waals surface area contributed by atoms with E-state index in [1.54, 1.807) is 18.2 Å². The molecule has 0 aliphatic heterocycles. The summed E-state index contributed by atoms with van der Waals surface area (Å²) in [6.07, 6.45) is -3.54. The number of sulfonamides is 1. The van der Waals surface area contributed by atoms with E-state index in [2.05, 4.69) is 14.9 Å². The van der Waals surface area contributed by atoms with E-state index in [9.17, 15) is 26.0 Å². The van der Waals surface area contributed by atoms with Crippen LogP contribution in [0.1, 0.15) is 5.56 Å². The Morgan fingerprint density at radius 3 is 2.52 bits per heavy atom. The molecule has 0 aliphatic rings. The molecule has 0 unspecified atom stereocenters. The number of benzene rings is 1. The van der Waals surface area contributed by atoms with E-state index in [1.807, 2.05) is 0 Å². The van der Waals surface area contributed by atoms with Gasteiger partial charge in [-0.1, -0.05) is 0 Å². The summed E-state index contributed by atoms with van der Waals surface area (Å²) in [6.45, 7) is -0.427. The van der Waals surface area contributed by atoms with Gasteiger partial charge in [-0.2, -0.15) is 13.2 Å². The van der Waals surface area contributed by atoms with Gasteiger partial charge in [-0.05, 0) is 36.4 Å². The molecule has 0 bridgehead atoms. The lowest BCUT2D eigenvalue weighted by molar-refractivity contribution is -0.140. The topological polar surface area (TPSA) is 94.3 Å². The van der Waals surface area contributed by atoms with Crippen LogP contribution < -0.4 is 9.46 Å². The smallest absolute Gasteiger partial charge is 0.419 e. The number of aromatic nitrogens is 2. The highest BCUT2D eigenvalue weighted by Gasteiger charge is 2.35. The van der Waals surface area contributed by atoms with Crippen molar-refractivity contribution in [3.8, 4) is 17.3 Å². The van der Waals surface area contributed by atoms with Gasteiger partial charge in [-0.3, -0.25) is 0 Å². The van der Waals surface area contributed by atoms with Crippen LogP contribution in [-0.2, 0) is 16.2 Å². The van der Waals surface area contributed by atoms with Crippen LogP contribution in [0.15, 0.2) is 58.0 Å². The number of nitrogens with zero attached hydrogens (tertiary/aromatic N) is 2. The first-order valence-corrected chi connectivity index (χ1v) is 9.52. The van der Waals surface area contributed by atoms with Crippen molar-refractivity contribution in [2.24, 2.45) is 0 Å². The lowest BCUT2D eigenvalue weighted by atomic mass is 10.2. The summed E-state index contributed by atoms with van der Waals surface area (Å²) in [5.74, 6) is -0.939. The Hall–Kier alpha value is -2.99. The van der Waals surface area contributed by atoms with Gasteiger partial charge in [0, 0.05) is 12.6 Å². The number of nitrogens with one attached hydrogen (secondary N) is 1. The fourth-order valence-corrected chi connectivity index (χ4v) is 3.30. The molecule has 3 rings (SSSR count). The predicted molar refractivity (Wildman–Crippen MR) is 91.8 cm³/mol. The highest BCUT2D eigenvalue weighted by Crippen LogP contribution is 2.32. The molecule has 0 amide bonds. The fraction of sp³-hybridized carbons (Fsp3) is 0.176. The molecule has 0 saturated heterocycles. The van der Waals surface area contributed by atoms with Gasteiger partial charge in [-0.15, -0.1) is 10.2 Å². The maximum Gasteiger partial charge on any atom is 0.419 e. The van der Waals surface area contributed by atoms with Gasteiger partial charge >= 0.3 is 6.18 Å². The molecule has 0 saturated carbocycles. The minimum atomic E-state index is -5.01. The van der Waals surface area contributed by atoms with Crippen LogP contribution in [0.2, 0.25) is 0 Å². The Bertz CT molecular complexity index is 1070. The summed E-state index contributed by atoms with van der Waals surface area (Å²) >= 11 is 0. The monoisotopic (exact) mass is 431 g/mol. The zero-order chi connectivity index (χ0) is 21.1. The molecule has 29 heavy (non-hydrogen) atoms. The third kappa shape index (κ3) is 5.09. The van der Waals surface area contributed by atoms with Crippen molar-refractivity contribution in [2.45, 2.75) is 11.1 Å². The fourth-order valence-electron chi connectivity index (χ4n) is 2.26. The first-order chi connectivity index (χ1) is 13.7. The zero-order valence-electron chi connectivity index (χ0n) is 14.5. The number of hydrogen-bond donors (Lipinski definition) is 1. The first kappa shape index (κ1) is 20.7. The van der Waals surface area contributed by atoms with E-state index in [0.29, 0.717) is 17.5 Å². The molecule has 1 aromatic carbocycles. The summed E-state index contributed by atoms with van der Waals surface area (Å²) in [7, 11) is -4.30. The van der Waals surface area contributed by atoms with Crippen molar-refractivity contribution < 1.29 is 35.1 Å². The minimum absolute atomic E-state index is 0.112. The number of halogens is 4. The molecule has 2 heterocycles. The summed E-state index contributed by atoms with van der Waals surface area (Å²) in [4.78, 5) is -0.714. The van der Waals surface area contributed by atoms with Gasteiger partial charge in [-0.25, -0.2) is 17.5 Å². The standard InChI is InChI=1S/C17H13F4N3O4S/c18-13-4-3-11(10-12(13)17(19,20)21)29(25,26)22-7-9-28-16-6-5-14(23-24-16)15-2-1-8-27-15/h1-6,8,10,22H,7,9H2. The molecule has 2 aromatic heterocycles. The van der Waals surface area contributed by atoms with E-state index < -0.39 is 32.5 Å². The first-order valence-electron chi connectivity index (χ1n) is 8.03. The SMILES string of the molecule is O=S(=O)(NCCOc1ccc(-c2ccco2)nn1)c1ccc(F)c(C(F)(F)F)c1. The Balaban J connectivity index is 1.57. The predicted octanol–water partition coefficient (Wildman–Crippen LogP) is 3.25. The van der Waals surface area contributed by atoms with E-state index in [-0.39, 0.29) is 25.1 Å². The molecule has 3 aromatic rings. The van der Waals surface area contributed by atoms with E-state index in [4.69, 9.17) is 9.15 Å². The Morgan fingerprint density at radius 2 is 1.90 bits per heavy atom. The van der Waals surface area contributed by atoms with Gasteiger partial charge in [0.05, 0.1) is 16.7 Å². The summed E-state index contributed by atoms with van der Waals surface area (Å²) < 4.78 is 88.2. The Labute approximate surface area is 162 Å². The van der Waals surface area contributed by atoms with Crippen LogP contribution in [0, 0.1) is 5.82 Å². The van der Waals surface area contributed by atoms with Crippen LogP contribution in [0.4, 0.5) is 17.6 Å². The van der Waals surface area contributed by atoms with Crippen molar-refractivity contribution >= 4 is 10.0 Å². The number of furan rings is 1. The summed E-state index contributed by atoms with van der Waals surface area (Å²) in [5.41, 5.74) is -1.19. The normalized spacial score (nSPS) is 12.1. The van der Waals surface area contributed by atoms with Gasteiger partial charge < -0.3 is 9.15 Å². The lowest BCUT2D eigenvalue weighted by Gasteiger charge is -2.11. The van der Waals surface area contributed by atoms with Crippen molar-refractivity contribution in [1.29, 1.82) is 0 Å². The van der Waals surface area contributed by atoms with Crippen molar-refractivity contribution in [3.63, 3.8) is 0 Å². The third-order valence-electron chi connectivity index (χ3n) is 3.61. The molecule has 0 aliphatic carbocycles. The average molecular weight is 431 g/mol. The van der Waals surface area contributed by atoms with Crippen LogP contribution >= 0.6 is 0 Å². The zero-order valence-corrected chi connectivity index (χ0v) is 15.3. The number of rotatable bonds is 7. The summed E-state index contributed by atoms with van der Waals surface area (Å²) in [6, 6.07) is 7.89. The molecule has 12 heteroatoms. The summed E-state index contributed by atoms with van der Waals surface area (Å²) in [5, 5.41) is 7.69. The minimum Gasteiger partial charge on any atom is -0.475 e. The van der Waals surface area contributed by atoms with E-state index in [1.165, 1.54) is 12.3 Å². The maximum absolute atomic E-state index is 13.3. The lowest BCUT2D eigenvalue weighted by Crippen LogP contribution is -2.28. The number of ether oxygens (including phenoxy) is 1. The molecule has 154 valence electrons. The van der Waals surface area contributed by atoms with Gasteiger partial charge in [0.25, 0.3) is 0 Å². The Morgan fingerprint density at radius 1 is 1.10 bits per heavy atom. The molecule has 7 nitrogen and oxygen atoms in total. The quantitative estimate of drug-likeness (QED) is 0.456. The van der Waals surface area contributed by atoms with E-state index in [0.717, 1.165) is 6.07 Å². The molecule has 0 spiro atoms. The van der Waals surface area contributed by atoms with Crippen LogP contribution in [0.3, 0.4) is 0 Å². The van der Waals surface area contributed by atoms with Gasteiger partial charge in [0.1, 0.15) is 18.1 Å². The molecule has 0 fully saturated rings. The highest BCUT2D eigenvalue weighted by molar-refractivity contribution is 7.89. The molecular formula is C17H13F4N3O4S. The highest BCUT2D eigenvalue weighted by atomic mass is 32.2. The van der Waals surface area contributed by atoms with Crippen LogP contribution in [0.25, 0.3) is 11.5 Å². The second-order valence-electron chi connectivity index (χ2n) is 5.62. The largest absolute Gasteiger partial charge is 0.475 e. The molecule has 0 atom stereocenters. The van der Waals surface area contributed by atoms with E-state index >= 15 is 0 Å². The van der Waals surface area contributed by atoms with Crippen molar-refractivity contribution in [1.82, 2.24) is 14.9 Å². The average Bonchev–Trinajstić information content (AvgIpc) is 3.20. The maximum atomic E-state index is 13.3. The molecule has 1 N–H and O–H groups in total. The van der Waals surface area contributed by atoms with Crippen molar-refractivity contribution in [2.75, 3.05) is 13.2 Å². The number of hydrogen-bond acceptors (Lipinski definition) is 6.